The molecule has 0 saturated carbocycles. The number of ketones is 1. The molecule has 0 saturated heterocycles. The lowest BCUT2D eigenvalue weighted by atomic mass is 10.1. The molecule has 0 atom stereocenters. The van der Waals surface area contributed by atoms with Gasteiger partial charge in [0.05, 0.1) is 24.5 Å². The van der Waals surface area contributed by atoms with Crippen LogP contribution in [0.15, 0.2) is 42.5 Å². The highest BCUT2D eigenvalue weighted by Gasteiger charge is 2.18. The molecule has 0 bridgehead atoms. The first-order valence-corrected chi connectivity index (χ1v) is 9.29. The number of hydrogen-bond acceptors (Lipinski definition) is 9. The number of methoxy groups -OCH3 is 1. The zero-order valence-corrected chi connectivity index (χ0v) is 17.3. The largest absolute Gasteiger partial charge is 0.496 e. The van der Waals surface area contributed by atoms with Crippen LogP contribution < -0.4 is 14.8 Å². The van der Waals surface area contributed by atoms with Gasteiger partial charge in [0.25, 0.3) is 5.69 Å². The predicted molar refractivity (Wildman–Crippen MR) is 111 cm³/mol. The van der Waals surface area contributed by atoms with E-state index in [0.29, 0.717) is 0 Å². The maximum atomic E-state index is 12.1. The Labute approximate surface area is 182 Å². The molecule has 11 heteroatoms. The van der Waals surface area contributed by atoms with Gasteiger partial charge in [-0.25, -0.2) is 0 Å². The average molecular weight is 444 g/mol. The van der Waals surface area contributed by atoms with Gasteiger partial charge < -0.3 is 19.5 Å². The number of anilines is 1. The lowest BCUT2D eigenvalue weighted by Gasteiger charge is -2.08. The number of carbonyl (C=O) groups excluding carboxylic acids is 4. The molecule has 0 aromatic heterocycles. The van der Waals surface area contributed by atoms with Gasteiger partial charge in [0.2, 0.25) is 5.91 Å². The first-order valence-electron chi connectivity index (χ1n) is 9.29. The van der Waals surface area contributed by atoms with E-state index in [2.05, 4.69) is 5.32 Å². The standard InChI is InChI=1S/C21H20N2O9/c1-13(24)32-15-5-3-14(4-6-15)19(25)12-31-21(27)10-9-20(26)22-17-8-7-16(30-2)11-18(17)23(28)29/h3-8,11H,9-10,12H2,1-2H3,(H,22,26). The summed E-state index contributed by atoms with van der Waals surface area (Å²) in [6, 6.07) is 9.62. The molecular formula is C21H20N2O9. The van der Waals surface area contributed by atoms with E-state index in [1.807, 2.05) is 0 Å². The van der Waals surface area contributed by atoms with E-state index in [9.17, 15) is 29.3 Å². The number of benzene rings is 2. The third-order valence-corrected chi connectivity index (χ3v) is 4.03. The number of amides is 1. The molecule has 0 aliphatic rings. The highest BCUT2D eigenvalue weighted by molar-refractivity contribution is 5.98. The van der Waals surface area contributed by atoms with E-state index < -0.39 is 35.2 Å². The molecule has 11 nitrogen and oxygen atoms in total. The molecule has 2 rings (SSSR count). The minimum Gasteiger partial charge on any atom is -0.496 e. The van der Waals surface area contributed by atoms with E-state index >= 15 is 0 Å². The van der Waals surface area contributed by atoms with Crippen molar-refractivity contribution in [3.63, 3.8) is 0 Å². The lowest BCUT2D eigenvalue weighted by molar-refractivity contribution is -0.384. The summed E-state index contributed by atoms with van der Waals surface area (Å²) in [6.07, 6.45) is -0.623. The Balaban J connectivity index is 1.81. The van der Waals surface area contributed by atoms with Crippen LogP contribution in [0.5, 0.6) is 11.5 Å². The van der Waals surface area contributed by atoms with Gasteiger partial charge >= 0.3 is 11.9 Å². The van der Waals surface area contributed by atoms with E-state index in [1.165, 1.54) is 50.4 Å². The van der Waals surface area contributed by atoms with Gasteiger partial charge in [-0.1, -0.05) is 0 Å². The van der Waals surface area contributed by atoms with Crippen LogP contribution >= 0.6 is 0 Å². The molecule has 0 fully saturated rings. The number of ether oxygens (including phenoxy) is 3. The molecule has 0 unspecified atom stereocenters. The molecule has 32 heavy (non-hydrogen) atoms. The Morgan fingerprint density at radius 3 is 2.25 bits per heavy atom. The van der Waals surface area contributed by atoms with Crippen LogP contribution in [0.4, 0.5) is 11.4 Å². The van der Waals surface area contributed by atoms with Crippen molar-refractivity contribution in [3.8, 4) is 11.5 Å². The number of nitro groups is 1. The summed E-state index contributed by atoms with van der Waals surface area (Å²) in [5.74, 6) is -1.87. The van der Waals surface area contributed by atoms with Gasteiger partial charge in [-0.05, 0) is 36.4 Å². The van der Waals surface area contributed by atoms with Crippen molar-refractivity contribution in [3.05, 3.63) is 58.1 Å². The van der Waals surface area contributed by atoms with Crippen LogP contribution in [0.3, 0.4) is 0 Å². The highest BCUT2D eigenvalue weighted by Crippen LogP contribution is 2.29. The van der Waals surface area contributed by atoms with E-state index in [4.69, 9.17) is 14.2 Å². The number of carbonyl (C=O) groups is 4. The smallest absolute Gasteiger partial charge is 0.308 e. The fraction of sp³-hybridized carbons (Fsp3) is 0.238. The number of rotatable bonds is 10. The number of hydrogen-bond donors (Lipinski definition) is 1. The van der Waals surface area contributed by atoms with Crippen LogP contribution in [0.2, 0.25) is 0 Å². The zero-order valence-electron chi connectivity index (χ0n) is 17.3. The fourth-order valence-electron chi connectivity index (χ4n) is 2.50. The minimum atomic E-state index is -0.783. The van der Waals surface area contributed by atoms with Crippen molar-refractivity contribution in [2.24, 2.45) is 0 Å². The highest BCUT2D eigenvalue weighted by atomic mass is 16.6. The zero-order chi connectivity index (χ0) is 23.7. The van der Waals surface area contributed by atoms with Crippen LogP contribution in [0.1, 0.15) is 30.1 Å². The number of nitrogens with one attached hydrogen (secondary N) is 1. The van der Waals surface area contributed by atoms with Crippen molar-refractivity contribution in [2.45, 2.75) is 19.8 Å². The van der Waals surface area contributed by atoms with Gasteiger partial charge in [-0.2, -0.15) is 0 Å². The Hall–Kier alpha value is -4.28. The molecule has 168 valence electrons. The summed E-state index contributed by atoms with van der Waals surface area (Å²) in [5, 5.41) is 13.5. The maximum absolute atomic E-state index is 12.1. The van der Waals surface area contributed by atoms with Gasteiger partial charge in [0.1, 0.15) is 17.2 Å². The SMILES string of the molecule is COc1ccc(NC(=O)CCC(=O)OCC(=O)c2ccc(OC(C)=O)cc2)c([N+](=O)[O-])c1. The lowest BCUT2D eigenvalue weighted by Crippen LogP contribution is -2.18. The molecule has 2 aromatic rings. The molecule has 0 radical (unpaired) electrons. The van der Waals surface area contributed by atoms with Crippen molar-refractivity contribution >= 4 is 35.0 Å². The topological polar surface area (TPSA) is 151 Å². The number of Topliss-reactive ketones (excluding diaryl/α,β-unsaturated/α-hetero) is 1. The summed E-state index contributed by atoms with van der Waals surface area (Å²) in [5.41, 5.74) is -0.148. The van der Waals surface area contributed by atoms with Crippen molar-refractivity contribution in [1.29, 1.82) is 0 Å². The van der Waals surface area contributed by atoms with Gasteiger partial charge in [-0.15, -0.1) is 0 Å². The predicted octanol–water partition coefficient (Wildman–Crippen LogP) is 2.67. The van der Waals surface area contributed by atoms with E-state index in [1.54, 1.807) is 0 Å². The molecule has 0 aliphatic carbocycles. The number of nitro benzene ring substituents is 1. The maximum Gasteiger partial charge on any atom is 0.308 e. The Kier molecular flexibility index (Phi) is 8.40. The summed E-state index contributed by atoms with van der Waals surface area (Å²) < 4.78 is 14.6. The number of nitrogens with zero attached hydrogens (tertiary/aromatic N) is 1. The molecule has 0 spiro atoms. The first kappa shape index (κ1) is 24.0. The second-order valence-corrected chi connectivity index (χ2v) is 6.39. The van der Waals surface area contributed by atoms with Crippen LogP contribution in [0.25, 0.3) is 0 Å². The van der Waals surface area contributed by atoms with Gasteiger partial charge in [0.15, 0.2) is 12.4 Å². The monoisotopic (exact) mass is 444 g/mol. The second-order valence-electron chi connectivity index (χ2n) is 6.39. The third kappa shape index (κ3) is 7.20. The minimum absolute atomic E-state index is 0.0402. The fourth-order valence-corrected chi connectivity index (χ4v) is 2.50. The number of esters is 2. The molecule has 1 N–H and O–H groups in total. The van der Waals surface area contributed by atoms with Crippen molar-refractivity contribution in [1.82, 2.24) is 0 Å². The Morgan fingerprint density at radius 1 is 1.00 bits per heavy atom. The average Bonchev–Trinajstić information content (AvgIpc) is 2.76. The van der Waals surface area contributed by atoms with Crippen LogP contribution in [0, 0.1) is 10.1 Å². The first-order chi connectivity index (χ1) is 15.2. The molecule has 0 aliphatic heterocycles. The van der Waals surface area contributed by atoms with Crippen molar-refractivity contribution in [2.75, 3.05) is 19.0 Å². The summed E-state index contributed by atoms with van der Waals surface area (Å²) >= 11 is 0. The summed E-state index contributed by atoms with van der Waals surface area (Å²) in [4.78, 5) is 57.3. The van der Waals surface area contributed by atoms with Crippen LogP contribution in [-0.4, -0.2) is 42.3 Å². The molecule has 0 heterocycles. The third-order valence-electron chi connectivity index (χ3n) is 4.03. The normalized spacial score (nSPS) is 10.1. The molecule has 2 aromatic carbocycles. The Bertz CT molecular complexity index is 1030. The van der Waals surface area contributed by atoms with Crippen LogP contribution in [-0.2, 0) is 19.1 Å². The summed E-state index contributed by atoms with van der Waals surface area (Å²) in [6.45, 7) is 0.717. The van der Waals surface area contributed by atoms with E-state index in [-0.39, 0.29) is 41.3 Å². The van der Waals surface area contributed by atoms with Gasteiger partial charge in [0, 0.05) is 18.9 Å². The summed E-state index contributed by atoms with van der Waals surface area (Å²) in [7, 11) is 1.35. The quantitative estimate of drug-likeness (QED) is 0.192. The molecule has 1 amide bonds. The van der Waals surface area contributed by atoms with E-state index in [0.717, 1.165) is 6.07 Å². The Morgan fingerprint density at radius 2 is 1.66 bits per heavy atom. The van der Waals surface area contributed by atoms with Gasteiger partial charge in [-0.3, -0.25) is 29.3 Å². The van der Waals surface area contributed by atoms with Crippen molar-refractivity contribution < 1.29 is 38.3 Å². The molecular weight excluding hydrogens is 424 g/mol. The second kappa shape index (κ2) is 11.2.